The van der Waals surface area contributed by atoms with E-state index in [1.165, 1.54) is 5.56 Å². The first-order valence-electron chi connectivity index (χ1n) is 9.07. The SMILES string of the molecule is CC(C)COc1ccc2c(c1)C1C=CCC1C(c1ccc(F)cc1)N2. The van der Waals surface area contributed by atoms with Crippen molar-refractivity contribution >= 4 is 5.69 Å². The van der Waals surface area contributed by atoms with Crippen LogP contribution in [0.25, 0.3) is 0 Å². The van der Waals surface area contributed by atoms with Crippen LogP contribution < -0.4 is 10.1 Å². The van der Waals surface area contributed by atoms with Gasteiger partial charge in [0.15, 0.2) is 0 Å². The van der Waals surface area contributed by atoms with Gasteiger partial charge in [-0.3, -0.25) is 0 Å². The number of hydrogen-bond acceptors (Lipinski definition) is 2. The second-order valence-corrected chi connectivity index (χ2v) is 7.48. The number of anilines is 1. The minimum Gasteiger partial charge on any atom is -0.493 e. The highest BCUT2D eigenvalue weighted by Crippen LogP contribution is 2.50. The van der Waals surface area contributed by atoms with Crippen molar-refractivity contribution in [1.29, 1.82) is 0 Å². The van der Waals surface area contributed by atoms with Crippen molar-refractivity contribution < 1.29 is 9.13 Å². The Morgan fingerprint density at radius 3 is 2.72 bits per heavy atom. The summed E-state index contributed by atoms with van der Waals surface area (Å²) in [7, 11) is 0. The third kappa shape index (κ3) is 3.15. The van der Waals surface area contributed by atoms with Gasteiger partial charge in [-0.25, -0.2) is 4.39 Å². The maximum absolute atomic E-state index is 13.3. The van der Waals surface area contributed by atoms with Crippen molar-refractivity contribution in [2.24, 2.45) is 11.8 Å². The highest BCUT2D eigenvalue weighted by Gasteiger charge is 2.38. The standard InChI is InChI=1S/C22H24FNO/c1-14(2)13-25-17-10-11-21-20(12-17)18-4-3-5-19(18)22(24-21)15-6-8-16(23)9-7-15/h3-4,6-12,14,18-19,22,24H,5,13H2,1-2H3. The van der Waals surface area contributed by atoms with Crippen molar-refractivity contribution in [3.05, 3.63) is 71.6 Å². The van der Waals surface area contributed by atoms with E-state index in [1.807, 2.05) is 18.2 Å². The van der Waals surface area contributed by atoms with Gasteiger partial charge < -0.3 is 10.1 Å². The summed E-state index contributed by atoms with van der Waals surface area (Å²) >= 11 is 0. The number of benzene rings is 2. The molecule has 0 saturated carbocycles. The molecule has 0 radical (unpaired) electrons. The fraction of sp³-hybridized carbons (Fsp3) is 0.364. The summed E-state index contributed by atoms with van der Waals surface area (Å²) in [4.78, 5) is 0. The van der Waals surface area contributed by atoms with Crippen molar-refractivity contribution in [2.75, 3.05) is 11.9 Å². The summed E-state index contributed by atoms with van der Waals surface area (Å²) in [5.41, 5.74) is 3.60. The van der Waals surface area contributed by atoms with Crippen LogP contribution in [0.15, 0.2) is 54.6 Å². The molecule has 2 aromatic carbocycles. The first-order chi connectivity index (χ1) is 12.1. The second-order valence-electron chi connectivity index (χ2n) is 7.48. The number of hydrogen-bond donors (Lipinski definition) is 1. The van der Waals surface area contributed by atoms with Crippen molar-refractivity contribution in [3.63, 3.8) is 0 Å². The summed E-state index contributed by atoms with van der Waals surface area (Å²) in [6.07, 6.45) is 5.62. The second kappa shape index (κ2) is 6.55. The molecule has 0 spiro atoms. The summed E-state index contributed by atoms with van der Waals surface area (Å²) in [6.45, 7) is 5.04. The van der Waals surface area contributed by atoms with Gasteiger partial charge in [-0.15, -0.1) is 0 Å². The zero-order valence-corrected chi connectivity index (χ0v) is 14.7. The molecule has 3 unspecified atom stereocenters. The molecule has 1 aliphatic heterocycles. The molecule has 4 rings (SSSR count). The van der Waals surface area contributed by atoms with E-state index >= 15 is 0 Å². The van der Waals surface area contributed by atoms with Crippen LogP contribution in [0.1, 0.15) is 43.4 Å². The number of nitrogens with one attached hydrogen (secondary N) is 1. The lowest BCUT2D eigenvalue weighted by atomic mass is 9.77. The molecule has 2 nitrogen and oxygen atoms in total. The molecule has 0 fully saturated rings. The summed E-state index contributed by atoms with van der Waals surface area (Å²) in [5, 5.41) is 3.68. The average Bonchev–Trinajstić information content (AvgIpc) is 3.10. The van der Waals surface area contributed by atoms with Crippen LogP contribution in [0.2, 0.25) is 0 Å². The van der Waals surface area contributed by atoms with Gasteiger partial charge in [0.25, 0.3) is 0 Å². The molecule has 2 aliphatic rings. The van der Waals surface area contributed by atoms with Crippen LogP contribution in [0.4, 0.5) is 10.1 Å². The van der Waals surface area contributed by atoms with Crippen LogP contribution in [0.5, 0.6) is 5.75 Å². The van der Waals surface area contributed by atoms with Gasteiger partial charge in [0.05, 0.1) is 12.6 Å². The van der Waals surface area contributed by atoms with Gasteiger partial charge in [-0.1, -0.05) is 38.1 Å². The monoisotopic (exact) mass is 337 g/mol. The van der Waals surface area contributed by atoms with E-state index in [9.17, 15) is 4.39 Å². The highest BCUT2D eigenvalue weighted by atomic mass is 19.1. The minimum atomic E-state index is -0.187. The topological polar surface area (TPSA) is 21.3 Å². The summed E-state index contributed by atoms with van der Waals surface area (Å²) in [5.74, 6) is 2.10. The number of ether oxygens (including phenoxy) is 1. The predicted molar refractivity (Wildman–Crippen MR) is 99.5 cm³/mol. The van der Waals surface area contributed by atoms with E-state index in [0.29, 0.717) is 17.8 Å². The third-order valence-corrected chi connectivity index (χ3v) is 5.15. The van der Waals surface area contributed by atoms with E-state index in [-0.39, 0.29) is 11.9 Å². The van der Waals surface area contributed by atoms with E-state index in [2.05, 4.69) is 43.4 Å². The Bertz CT molecular complexity index is 781. The molecule has 1 N–H and O–H groups in total. The minimum absolute atomic E-state index is 0.187. The van der Waals surface area contributed by atoms with Crippen LogP contribution in [0, 0.1) is 17.7 Å². The summed E-state index contributed by atoms with van der Waals surface area (Å²) in [6, 6.07) is 13.4. The van der Waals surface area contributed by atoms with Crippen LogP contribution in [0.3, 0.4) is 0 Å². The Balaban J connectivity index is 1.65. The quantitative estimate of drug-likeness (QED) is 0.724. The largest absolute Gasteiger partial charge is 0.493 e. The van der Waals surface area contributed by atoms with E-state index < -0.39 is 0 Å². The lowest BCUT2D eigenvalue weighted by Crippen LogP contribution is -2.29. The molecule has 3 heteroatoms. The van der Waals surface area contributed by atoms with Crippen LogP contribution in [-0.4, -0.2) is 6.61 Å². The molecule has 0 aromatic heterocycles. The molecule has 0 amide bonds. The Morgan fingerprint density at radius 2 is 1.96 bits per heavy atom. The molecular weight excluding hydrogens is 313 g/mol. The maximum atomic E-state index is 13.3. The number of rotatable bonds is 4. The van der Waals surface area contributed by atoms with Crippen molar-refractivity contribution in [1.82, 2.24) is 0 Å². The fourth-order valence-corrected chi connectivity index (χ4v) is 3.93. The Hall–Kier alpha value is -2.29. The lowest BCUT2D eigenvalue weighted by molar-refractivity contribution is 0.270. The Kier molecular flexibility index (Phi) is 4.24. The van der Waals surface area contributed by atoms with E-state index in [1.54, 1.807) is 12.1 Å². The van der Waals surface area contributed by atoms with Crippen LogP contribution >= 0.6 is 0 Å². The van der Waals surface area contributed by atoms with Gasteiger partial charge in [0.1, 0.15) is 11.6 Å². The molecule has 130 valence electrons. The molecule has 1 heterocycles. The molecule has 0 saturated heterocycles. The maximum Gasteiger partial charge on any atom is 0.123 e. The zero-order chi connectivity index (χ0) is 17.4. The van der Waals surface area contributed by atoms with Gasteiger partial charge in [0, 0.05) is 11.6 Å². The predicted octanol–water partition coefficient (Wildman–Crippen LogP) is 5.69. The smallest absolute Gasteiger partial charge is 0.123 e. The molecule has 3 atom stereocenters. The van der Waals surface area contributed by atoms with Crippen LogP contribution in [-0.2, 0) is 0 Å². The number of allylic oxidation sites excluding steroid dienone is 2. The molecule has 2 aromatic rings. The third-order valence-electron chi connectivity index (χ3n) is 5.15. The average molecular weight is 337 g/mol. The van der Waals surface area contributed by atoms with Crippen molar-refractivity contribution in [3.8, 4) is 5.75 Å². The van der Waals surface area contributed by atoms with Crippen molar-refractivity contribution in [2.45, 2.75) is 32.2 Å². The summed E-state index contributed by atoms with van der Waals surface area (Å²) < 4.78 is 19.2. The zero-order valence-electron chi connectivity index (χ0n) is 14.7. The van der Waals surface area contributed by atoms with Gasteiger partial charge in [0.2, 0.25) is 0 Å². The fourth-order valence-electron chi connectivity index (χ4n) is 3.93. The first kappa shape index (κ1) is 16.2. The van der Waals surface area contributed by atoms with Gasteiger partial charge in [-0.05, 0) is 59.7 Å². The number of fused-ring (bicyclic) bond motifs is 3. The van der Waals surface area contributed by atoms with E-state index in [4.69, 9.17) is 4.74 Å². The first-order valence-corrected chi connectivity index (χ1v) is 9.07. The van der Waals surface area contributed by atoms with Gasteiger partial charge >= 0.3 is 0 Å². The van der Waals surface area contributed by atoms with Gasteiger partial charge in [-0.2, -0.15) is 0 Å². The highest BCUT2D eigenvalue weighted by molar-refractivity contribution is 5.61. The Labute approximate surface area is 148 Å². The molecule has 25 heavy (non-hydrogen) atoms. The normalized spacial score (nSPS) is 23.9. The lowest BCUT2D eigenvalue weighted by Gasteiger charge is -2.37. The molecule has 0 bridgehead atoms. The number of halogens is 1. The van der Waals surface area contributed by atoms with E-state index in [0.717, 1.165) is 30.0 Å². The molecular formula is C22H24FNO. The molecule has 1 aliphatic carbocycles. The Morgan fingerprint density at radius 1 is 1.16 bits per heavy atom.